The minimum Gasteiger partial charge on any atom is -0.495 e. The summed E-state index contributed by atoms with van der Waals surface area (Å²) >= 11 is 0. The van der Waals surface area contributed by atoms with Crippen LogP contribution >= 0.6 is 0 Å². The molecule has 0 spiro atoms. The molecule has 6 heteroatoms. The molecule has 0 saturated carbocycles. The molecule has 2 aromatic rings. The number of benzene rings is 2. The number of anilines is 2. The lowest BCUT2D eigenvalue weighted by Gasteiger charge is -2.12. The van der Waals surface area contributed by atoms with E-state index in [2.05, 4.69) is 5.32 Å². The Morgan fingerprint density at radius 1 is 1.04 bits per heavy atom. The average molecular weight is 328 g/mol. The van der Waals surface area contributed by atoms with E-state index < -0.39 is 11.9 Å². The lowest BCUT2D eigenvalue weighted by atomic mass is 10.2. The molecule has 2 aromatic carbocycles. The number of hydrogen-bond donors (Lipinski definition) is 1. The summed E-state index contributed by atoms with van der Waals surface area (Å²) < 4.78 is 10.2. The van der Waals surface area contributed by atoms with Crippen molar-refractivity contribution in [2.24, 2.45) is 0 Å². The highest BCUT2D eigenvalue weighted by Gasteiger charge is 2.12. The lowest BCUT2D eigenvalue weighted by Crippen LogP contribution is -2.21. The Labute approximate surface area is 141 Å². The van der Waals surface area contributed by atoms with E-state index in [1.807, 2.05) is 31.1 Å². The number of hydrogen-bond acceptors (Lipinski definition) is 5. The quantitative estimate of drug-likeness (QED) is 0.826. The molecule has 6 nitrogen and oxygen atoms in total. The van der Waals surface area contributed by atoms with Crippen LogP contribution in [0, 0.1) is 0 Å². The van der Waals surface area contributed by atoms with Crippen molar-refractivity contribution in [3.63, 3.8) is 0 Å². The maximum Gasteiger partial charge on any atom is 0.338 e. The van der Waals surface area contributed by atoms with E-state index in [9.17, 15) is 9.59 Å². The van der Waals surface area contributed by atoms with Gasteiger partial charge in [-0.2, -0.15) is 0 Å². The summed E-state index contributed by atoms with van der Waals surface area (Å²) in [7, 11) is 5.34. The first-order valence-corrected chi connectivity index (χ1v) is 7.38. The summed E-state index contributed by atoms with van der Waals surface area (Å²) in [4.78, 5) is 25.8. The molecule has 0 unspecified atom stereocenters. The van der Waals surface area contributed by atoms with Gasteiger partial charge in [-0.15, -0.1) is 0 Å². The van der Waals surface area contributed by atoms with Crippen molar-refractivity contribution in [3.05, 3.63) is 54.1 Å². The fourth-order valence-corrected chi connectivity index (χ4v) is 2.04. The van der Waals surface area contributed by atoms with Crippen LogP contribution in [-0.4, -0.2) is 39.7 Å². The normalized spacial score (nSPS) is 9.96. The number of carbonyl (C=O) groups is 2. The topological polar surface area (TPSA) is 67.9 Å². The number of para-hydroxylation sites is 2. The second-order valence-corrected chi connectivity index (χ2v) is 5.27. The van der Waals surface area contributed by atoms with Gasteiger partial charge in [-0.1, -0.05) is 12.1 Å². The summed E-state index contributed by atoms with van der Waals surface area (Å²) in [6.45, 7) is -0.369. The Morgan fingerprint density at radius 2 is 1.71 bits per heavy atom. The molecule has 0 heterocycles. The molecule has 24 heavy (non-hydrogen) atoms. The predicted molar refractivity (Wildman–Crippen MR) is 92.7 cm³/mol. The Bertz CT molecular complexity index is 711. The fourth-order valence-electron chi connectivity index (χ4n) is 2.04. The maximum atomic E-state index is 12.0. The van der Waals surface area contributed by atoms with Gasteiger partial charge in [0.25, 0.3) is 5.91 Å². The van der Waals surface area contributed by atoms with E-state index in [-0.39, 0.29) is 6.61 Å². The predicted octanol–water partition coefficient (Wildman–Crippen LogP) is 2.56. The van der Waals surface area contributed by atoms with Gasteiger partial charge < -0.3 is 19.7 Å². The van der Waals surface area contributed by atoms with Crippen LogP contribution in [0.25, 0.3) is 0 Å². The second kappa shape index (κ2) is 8.01. The zero-order chi connectivity index (χ0) is 17.5. The number of amides is 1. The van der Waals surface area contributed by atoms with E-state index >= 15 is 0 Å². The van der Waals surface area contributed by atoms with E-state index in [1.165, 1.54) is 7.11 Å². The first-order valence-electron chi connectivity index (χ1n) is 7.38. The first-order chi connectivity index (χ1) is 11.5. The Kier molecular flexibility index (Phi) is 5.78. The number of ether oxygens (including phenoxy) is 2. The van der Waals surface area contributed by atoms with Gasteiger partial charge in [-0.05, 0) is 36.4 Å². The third-order valence-electron chi connectivity index (χ3n) is 3.33. The van der Waals surface area contributed by atoms with Crippen molar-refractivity contribution in [2.75, 3.05) is 38.0 Å². The molecule has 1 amide bonds. The van der Waals surface area contributed by atoms with Crippen LogP contribution in [0.5, 0.6) is 5.75 Å². The van der Waals surface area contributed by atoms with Gasteiger partial charge in [0, 0.05) is 19.8 Å². The van der Waals surface area contributed by atoms with Crippen molar-refractivity contribution in [3.8, 4) is 5.75 Å². The third-order valence-corrected chi connectivity index (χ3v) is 3.33. The Morgan fingerprint density at radius 3 is 2.33 bits per heavy atom. The maximum absolute atomic E-state index is 12.0. The zero-order valence-electron chi connectivity index (χ0n) is 13.9. The molecular formula is C18H20N2O4. The van der Waals surface area contributed by atoms with Crippen molar-refractivity contribution >= 4 is 23.3 Å². The molecule has 126 valence electrons. The monoisotopic (exact) mass is 328 g/mol. The lowest BCUT2D eigenvalue weighted by molar-refractivity contribution is -0.119. The fraction of sp³-hybridized carbons (Fsp3) is 0.222. The van der Waals surface area contributed by atoms with Crippen LogP contribution in [0.2, 0.25) is 0 Å². The van der Waals surface area contributed by atoms with Crippen molar-refractivity contribution in [1.29, 1.82) is 0 Å². The largest absolute Gasteiger partial charge is 0.495 e. The summed E-state index contributed by atoms with van der Waals surface area (Å²) in [6, 6.07) is 14.0. The highest BCUT2D eigenvalue weighted by molar-refractivity contribution is 5.96. The molecule has 0 atom stereocenters. The van der Waals surface area contributed by atoms with Crippen LogP contribution < -0.4 is 15.0 Å². The molecule has 0 fully saturated rings. The van der Waals surface area contributed by atoms with E-state index in [1.54, 1.807) is 36.4 Å². The zero-order valence-corrected chi connectivity index (χ0v) is 13.9. The molecule has 0 aliphatic heterocycles. The molecule has 1 N–H and O–H groups in total. The molecule has 0 aliphatic rings. The number of rotatable bonds is 6. The third kappa shape index (κ3) is 4.49. The van der Waals surface area contributed by atoms with Gasteiger partial charge in [-0.25, -0.2) is 4.79 Å². The minimum absolute atomic E-state index is 0.369. The van der Waals surface area contributed by atoms with Gasteiger partial charge >= 0.3 is 5.97 Å². The van der Waals surface area contributed by atoms with Gasteiger partial charge in [-0.3, -0.25) is 4.79 Å². The highest BCUT2D eigenvalue weighted by Crippen LogP contribution is 2.22. The van der Waals surface area contributed by atoms with Crippen LogP contribution in [0.3, 0.4) is 0 Å². The smallest absolute Gasteiger partial charge is 0.338 e. The van der Waals surface area contributed by atoms with Crippen molar-refractivity contribution < 1.29 is 19.1 Å². The molecule has 2 rings (SSSR count). The van der Waals surface area contributed by atoms with Crippen molar-refractivity contribution in [2.45, 2.75) is 0 Å². The van der Waals surface area contributed by atoms with Gasteiger partial charge in [0.15, 0.2) is 6.61 Å². The van der Waals surface area contributed by atoms with Crippen LogP contribution in [0.4, 0.5) is 11.4 Å². The van der Waals surface area contributed by atoms with E-state index in [0.717, 1.165) is 5.69 Å². The van der Waals surface area contributed by atoms with Crippen LogP contribution in [0.15, 0.2) is 48.5 Å². The van der Waals surface area contributed by atoms with Gasteiger partial charge in [0.1, 0.15) is 5.75 Å². The highest BCUT2D eigenvalue weighted by atomic mass is 16.5. The number of methoxy groups -OCH3 is 1. The number of carbonyl (C=O) groups excluding carboxylic acids is 2. The van der Waals surface area contributed by atoms with E-state index in [4.69, 9.17) is 9.47 Å². The molecule has 0 radical (unpaired) electrons. The molecule has 0 saturated heterocycles. The van der Waals surface area contributed by atoms with Crippen LogP contribution in [-0.2, 0) is 9.53 Å². The minimum atomic E-state index is -0.546. The van der Waals surface area contributed by atoms with Crippen LogP contribution in [0.1, 0.15) is 10.4 Å². The summed E-state index contributed by atoms with van der Waals surface area (Å²) in [5, 5.41) is 2.64. The average Bonchev–Trinajstić information content (AvgIpc) is 2.60. The number of esters is 1. The van der Waals surface area contributed by atoms with E-state index in [0.29, 0.717) is 17.0 Å². The van der Waals surface area contributed by atoms with Gasteiger partial charge in [0.2, 0.25) is 0 Å². The second-order valence-electron chi connectivity index (χ2n) is 5.27. The van der Waals surface area contributed by atoms with Crippen molar-refractivity contribution in [1.82, 2.24) is 0 Å². The number of nitrogens with one attached hydrogen (secondary N) is 1. The van der Waals surface area contributed by atoms with Gasteiger partial charge in [0.05, 0.1) is 18.4 Å². The molecular weight excluding hydrogens is 308 g/mol. The summed E-state index contributed by atoms with van der Waals surface area (Å²) in [5.74, 6) is -0.440. The summed E-state index contributed by atoms with van der Waals surface area (Å²) in [5.41, 5.74) is 1.89. The first kappa shape index (κ1) is 17.3. The Hall–Kier alpha value is -3.02. The summed E-state index contributed by atoms with van der Waals surface area (Å²) in [6.07, 6.45) is 0. The molecule has 0 aliphatic carbocycles. The SMILES string of the molecule is COc1ccccc1NC(=O)COC(=O)c1ccc(N(C)C)cc1. The Balaban J connectivity index is 1.90. The number of nitrogens with zero attached hydrogens (tertiary/aromatic N) is 1. The standard InChI is InChI=1S/C18H20N2O4/c1-20(2)14-10-8-13(9-11-14)18(22)24-12-17(21)19-15-6-4-5-7-16(15)23-3/h4-11H,12H2,1-3H3,(H,19,21). The molecule has 0 aromatic heterocycles. The molecule has 0 bridgehead atoms.